The van der Waals surface area contributed by atoms with E-state index < -0.39 is 5.60 Å². The van der Waals surface area contributed by atoms with Gasteiger partial charge in [0.2, 0.25) is 0 Å². The summed E-state index contributed by atoms with van der Waals surface area (Å²) in [7, 11) is 2.03. The summed E-state index contributed by atoms with van der Waals surface area (Å²) >= 11 is 0. The van der Waals surface area contributed by atoms with Crippen molar-refractivity contribution in [3.8, 4) is 11.5 Å². The van der Waals surface area contributed by atoms with Crippen molar-refractivity contribution in [2.45, 2.75) is 12.5 Å². The zero-order valence-corrected chi connectivity index (χ0v) is 22.4. The highest BCUT2D eigenvalue weighted by atomic mass is 16.6. The number of hydrogen-bond acceptors (Lipinski definition) is 5. The summed E-state index contributed by atoms with van der Waals surface area (Å²) < 4.78 is 13.0. The molecule has 0 radical (unpaired) electrons. The second kappa shape index (κ2) is 9.31. The van der Waals surface area contributed by atoms with Gasteiger partial charge >= 0.3 is 5.97 Å². The van der Waals surface area contributed by atoms with Crippen LogP contribution < -0.4 is 14.5 Å². The van der Waals surface area contributed by atoms with Crippen molar-refractivity contribution >= 4 is 28.7 Å². The van der Waals surface area contributed by atoms with Gasteiger partial charge < -0.3 is 19.3 Å². The average Bonchev–Trinajstić information content (AvgIpc) is 3.30. The van der Waals surface area contributed by atoms with E-state index in [2.05, 4.69) is 59.2 Å². The van der Waals surface area contributed by atoms with Gasteiger partial charge in [-0.2, -0.15) is 0 Å². The van der Waals surface area contributed by atoms with Gasteiger partial charge in [0, 0.05) is 65.2 Å². The SMILES string of the molecule is CCN(c1ccccc1)c1ccc2c(c1)Oc1cc(N(C)c3ccccc3)ccc1C21OC(=O)c2ccccc21. The van der Waals surface area contributed by atoms with Crippen molar-refractivity contribution in [1.82, 2.24) is 0 Å². The first kappa shape index (κ1) is 24.0. The highest BCUT2D eigenvalue weighted by Gasteiger charge is 2.53. The van der Waals surface area contributed by atoms with Crippen molar-refractivity contribution in [3.05, 3.63) is 144 Å². The first-order chi connectivity index (χ1) is 19.6. The molecule has 0 aromatic heterocycles. The molecule has 0 N–H and O–H groups in total. The van der Waals surface area contributed by atoms with Crippen LogP contribution in [0, 0.1) is 0 Å². The van der Waals surface area contributed by atoms with Crippen molar-refractivity contribution in [1.29, 1.82) is 0 Å². The van der Waals surface area contributed by atoms with E-state index in [4.69, 9.17) is 9.47 Å². The van der Waals surface area contributed by atoms with E-state index in [1.54, 1.807) is 0 Å². The first-order valence-corrected chi connectivity index (χ1v) is 13.5. The Hall–Kier alpha value is -5.03. The number of ether oxygens (including phenoxy) is 2. The predicted molar refractivity (Wildman–Crippen MR) is 158 cm³/mol. The van der Waals surface area contributed by atoms with Crippen molar-refractivity contribution in [3.63, 3.8) is 0 Å². The molecule has 1 unspecified atom stereocenters. The van der Waals surface area contributed by atoms with Gasteiger partial charge in [-0.05, 0) is 61.5 Å². The molecule has 7 rings (SSSR count). The fourth-order valence-corrected chi connectivity index (χ4v) is 5.95. The maximum atomic E-state index is 13.2. The fourth-order valence-electron chi connectivity index (χ4n) is 5.95. The van der Waals surface area contributed by atoms with Gasteiger partial charge in [-0.1, -0.05) is 54.6 Å². The zero-order valence-electron chi connectivity index (χ0n) is 22.4. The first-order valence-electron chi connectivity index (χ1n) is 13.5. The number of carbonyl (C=O) groups excluding carboxylic acids is 1. The quantitative estimate of drug-likeness (QED) is 0.217. The Balaban J connectivity index is 1.41. The van der Waals surface area contributed by atoms with E-state index in [9.17, 15) is 4.79 Å². The number of carbonyl (C=O) groups is 1. The Morgan fingerprint density at radius 3 is 1.88 bits per heavy atom. The lowest BCUT2D eigenvalue weighted by molar-refractivity contribution is 0.0224. The molecule has 5 aromatic rings. The fraction of sp³-hybridized carbons (Fsp3) is 0.114. The van der Waals surface area contributed by atoms with Gasteiger partial charge in [0.25, 0.3) is 0 Å². The lowest BCUT2D eigenvalue weighted by atomic mass is 9.77. The molecular weight excluding hydrogens is 496 g/mol. The number of fused-ring (bicyclic) bond motifs is 6. The Kier molecular flexibility index (Phi) is 5.60. The van der Waals surface area contributed by atoms with E-state index in [0.29, 0.717) is 17.1 Å². The molecule has 2 heterocycles. The van der Waals surface area contributed by atoms with E-state index in [0.717, 1.165) is 46.0 Å². The smallest absolute Gasteiger partial charge is 0.340 e. The second-order valence-electron chi connectivity index (χ2n) is 10.1. The van der Waals surface area contributed by atoms with Gasteiger partial charge in [-0.15, -0.1) is 0 Å². The molecule has 0 aliphatic carbocycles. The van der Waals surface area contributed by atoms with E-state index in [-0.39, 0.29) is 5.97 Å². The van der Waals surface area contributed by atoms with E-state index >= 15 is 0 Å². The molecule has 0 bridgehead atoms. The third-order valence-corrected chi connectivity index (χ3v) is 7.91. The summed E-state index contributed by atoms with van der Waals surface area (Å²) in [5.41, 5.74) is 6.08. The lowest BCUT2D eigenvalue weighted by Crippen LogP contribution is -2.33. The minimum absolute atomic E-state index is 0.330. The highest BCUT2D eigenvalue weighted by Crippen LogP contribution is 2.57. The zero-order chi connectivity index (χ0) is 27.3. The third-order valence-electron chi connectivity index (χ3n) is 7.91. The molecule has 0 saturated heterocycles. The number of rotatable bonds is 5. The Bertz CT molecular complexity index is 1740. The van der Waals surface area contributed by atoms with Crippen LogP contribution in [-0.2, 0) is 10.3 Å². The van der Waals surface area contributed by atoms with E-state index in [1.165, 1.54) is 0 Å². The van der Waals surface area contributed by atoms with Crippen LogP contribution >= 0.6 is 0 Å². The monoisotopic (exact) mass is 524 g/mol. The van der Waals surface area contributed by atoms with Crippen LogP contribution in [0.3, 0.4) is 0 Å². The van der Waals surface area contributed by atoms with Crippen molar-refractivity contribution in [2.75, 3.05) is 23.4 Å². The molecule has 0 saturated carbocycles. The lowest BCUT2D eigenvalue weighted by Gasteiger charge is -2.37. The number of nitrogens with zero attached hydrogens (tertiary/aromatic N) is 2. The van der Waals surface area contributed by atoms with Crippen LogP contribution in [-0.4, -0.2) is 19.6 Å². The summed E-state index contributed by atoms with van der Waals surface area (Å²) in [6.45, 7) is 2.92. The van der Waals surface area contributed by atoms with Crippen LogP contribution in [0.25, 0.3) is 0 Å². The van der Waals surface area contributed by atoms with E-state index in [1.807, 2.05) is 85.9 Å². The van der Waals surface area contributed by atoms with Crippen LogP contribution in [0.15, 0.2) is 121 Å². The Morgan fingerprint density at radius 1 is 0.625 bits per heavy atom. The molecule has 0 fully saturated rings. The van der Waals surface area contributed by atoms with Crippen LogP contribution in [0.5, 0.6) is 11.5 Å². The van der Waals surface area contributed by atoms with Crippen LogP contribution in [0.4, 0.5) is 22.7 Å². The molecular formula is C35H28N2O3. The molecule has 5 nitrogen and oxygen atoms in total. The van der Waals surface area contributed by atoms with Crippen LogP contribution in [0.2, 0.25) is 0 Å². The predicted octanol–water partition coefficient (Wildman–Crippen LogP) is 8.18. The standard InChI is InChI=1S/C35H28N2O3/c1-3-37(25-14-8-5-9-15-25)27-19-21-31-33(23-27)39-32-22-26(36(2)24-12-6-4-7-13-24)18-20-30(32)35(31)29-17-11-10-16-28(29)34(38)40-35/h4-23H,3H2,1-2H3. The number of hydrogen-bond donors (Lipinski definition) is 0. The minimum Gasteiger partial charge on any atom is -0.456 e. The molecule has 2 aliphatic heterocycles. The topological polar surface area (TPSA) is 42.0 Å². The summed E-state index contributed by atoms with van der Waals surface area (Å²) in [4.78, 5) is 17.6. The number of benzene rings is 5. The van der Waals surface area contributed by atoms with Crippen LogP contribution in [0.1, 0.15) is 34.0 Å². The maximum absolute atomic E-state index is 13.2. The molecule has 1 spiro atoms. The molecule has 40 heavy (non-hydrogen) atoms. The minimum atomic E-state index is -1.09. The normalized spacial score (nSPS) is 16.4. The van der Waals surface area contributed by atoms with Gasteiger partial charge in [-0.3, -0.25) is 0 Å². The highest BCUT2D eigenvalue weighted by molar-refractivity contribution is 5.97. The molecule has 196 valence electrons. The summed E-state index contributed by atoms with van der Waals surface area (Å²) in [5.74, 6) is 1.00. The molecule has 0 amide bonds. The molecule has 5 aromatic carbocycles. The van der Waals surface area contributed by atoms with Gasteiger partial charge in [-0.25, -0.2) is 4.79 Å². The Labute approximate surface area is 233 Å². The number of anilines is 4. The molecule has 5 heteroatoms. The summed E-state index contributed by atoms with van der Waals surface area (Å²) in [5, 5.41) is 0. The second-order valence-corrected chi connectivity index (χ2v) is 10.1. The maximum Gasteiger partial charge on any atom is 0.340 e. The van der Waals surface area contributed by atoms with Gasteiger partial charge in [0.15, 0.2) is 5.60 Å². The summed E-state index contributed by atoms with van der Waals surface area (Å²) in [6, 6.07) is 40.4. The average molecular weight is 525 g/mol. The summed E-state index contributed by atoms with van der Waals surface area (Å²) in [6.07, 6.45) is 0. The number of para-hydroxylation sites is 2. The van der Waals surface area contributed by atoms with Gasteiger partial charge in [0.05, 0.1) is 5.56 Å². The van der Waals surface area contributed by atoms with Crippen molar-refractivity contribution in [2.24, 2.45) is 0 Å². The third kappa shape index (κ3) is 3.58. The number of esters is 1. The largest absolute Gasteiger partial charge is 0.456 e. The Morgan fingerprint density at radius 2 is 1.20 bits per heavy atom. The van der Waals surface area contributed by atoms with Gasteiger partial charge in [0.1, 0.15) is 11.5 Å². The molecule has 2 aliphatic rings. The van der Waals surface area contributed by atoms with Crippen molar-refractivity contribution < 1.29 is 14.3 Å². The molecule has 1 atom stereocenters.